The predicted octanol–water partition coefficient (Wildman–Crippen LogP) is 4.04. The minimum Gasteiger partial charge on any atom is -0.489 e. The summed E-state index contributed by atoms with van der Waals surface area (Å²) in [4.78, 5) is 28.2. The molecule has 7 nitrogen and oxygen atoms in total. The molecular weight excluding hydrogens is 460 g/mol. The quantitative estimate of drug-likeness (QED) is 0.424. The number of hydrogen-bond donors (Lipinski definition) is 2. The van der Waals surface area contributed by atoms with Gasteiger partial charge in [0.25, 0.3) is 0 Å². The van der Waals surface area contributed by atoms with Gasteiger partial charge in [0.2, 0.25) is 5.91 Å². The predicted molar refractivity (Wildman–Crippen MR) is 140 cm³/mol. The molecule has 4 rings (SSSR count). The van der Waals surface area contributed by atoms with E-state index in [9.17, 15) is 9.59 Å². The molecule has 1 saturated heterocycles. The monoisotopic (exact) mass is 492 g/mol. The fourth-order valence-electron chi connectivity index (χ4n) is 4.07. The lowest BCUT2D eigenvalue weighted by Crippen LogP contribution is -2.34. The van der Waals surface area contributed by atoms with Crippen molar-refractivity contribution in [2.45, 2.75) is 32.5 Å². The second-order valence-electron chi connectivity index (χ2n) is 8.91. The van der Waals surface area contributed by atoms with Gasteiger partial charge in [-0.2, -0.15) is 11.3 Å². The van der Waals surface area contributed by atoms with E-state index in [4.69, 9.17) is 4.74 Å². The lowest BCUT2D eigenvalue weighted by atomic mass is 10.1. The Morgan fingerprint density at radius 1 is 1.14 bits per heavy atom. The van der Waals surface area contributed by atoms with Crippen LogP contribution in [0.2, 0.25) is 0 Å². The molecule has 1 aliphatic heterocycles. The Balaban J connectivity index is 1.21. The van der Waals surface area contributed by atoms with E-state index >= 15 is 0 Å². The number of carbonyl (C=O) groups is 2. The molecule has 1 fully saturated rings. The van der Waals surface area contributed by atoms with Crippen LogP contribution in [0.1, 0.15) is 23.6 Å². The molecule has 8 heteroatoms. The fourth-order valence-corrected chi connectivity index (χ4v) is 4.73. The van der Waals surface area contributed by atoms with Gasteiger partial charge in [-0.05, 0) is 71.8 Å². The summed E-state index contributed by atoms with van der Waals surface area (Å²) in [6, 6.07) is 17.7. The maximum atomic E-state index is 12.4. The molecule has 0 radical (unpaired) electrons. The molecule has 3 amide bonds. The lowest BCUT2D eigenvalue weighted by Gasteiger charge is -2.18. The van der Waals surface area contributed by atoms with E-state index in [0.29, 0.717) is 19.6 Å². The molecule has 1 aliphatic rings. The Morgan fingerprint density at radius 3 is 2.66 bits per heavy atom. The number of urea groups is 1. The van der Waals surface area contributed by atoms with E-state index in [1.54, 1.807) is 16.2 Å². The minimum atomic E-state index is -0.159. The molecule has 1 atom stereocenters. The average molecular weight is 493 g/mol. The number of thiophene rings is 1. The first-order chi connectivity index (χ1) is 17.0. The van der Waals surface area contributed by atoms with Gasteiger partial charge in [0.05, 0.1) is 13.0 Å². The van der Waals surface area contributed by atoms with Crippen molar-refractivity contribution in [2.75, 3.05) is 31.6 Å². The number of nitrogens with one attached hydrogen (secondary N) is 2. The Kier molecular flexibility index (Phi) is 8.39. The van der Waals surface area contributed by atoms with Crippen molar-refractivity contribution in [1.82, 2.24) is 15.5 Å². The average Bonchev–Trinajstić information content (AvgIpc) is 3.50. The largest absolute Gasteiger partial charge is 0.489 e. The Labute approximate surface area is 210 Å². The van der Waals surface area contributed by atoms with Gasteiger partial charge >= 0.3 is 6.03 Å². The van der Waals surface area contributed by atoms with Crippen LogP contribution < -0.4 is 20.3 Å². The first-order valence-corrected chi connectivity index (χ1v) is 12.8. The van der Waals surface area contributed by atoms with Gasteiger partial charge in [-0.3, -0.25) is 14.6 Å². The number of nitrogens with zero attached hydrogens (tertiary/aromatic N) is 2. The van der Waals surface area contributed by atoms with Crippen molar-refractivity contribution in [3.8, 4) is 5.75 Å². The number of ether oxygens (including phenoxy) is 1. The second-order valence-corrected chi connectivity index (χ2v) is 9.69. The zero-order valence-electron chi connectivity index (χ0n) is 20.2. The normalized spacial score (nSPS) is 14.1. The van der Waals surface area contributed by atoms with Crippen LogP contribution in [0, 0.1) is 0 Å². The van der Waals surface area contributed by atoms with Crippen LogP contribution in [0.15, 0.2) is 65.4 Å². The van der Waals surface area contributed by atoms with Crippen LogP contribution in [0.5, 0.6) is 5.75 Å². The number of rotatable bonds is 11. The molecule has 184 valence electrons. The maximum Gasteiger partial charge on any atom is 0.321 e. The Morgan fingerprint density at radius 2 is 1.94 bits per heavy atom. The highest BCUT2D eigenvalue weighted by Gasteiger charge is 2.20. The summed E-state index contributed by atoms with van der Waals surface area (Å²) in [6.45, 7) is 5.43. The topological polar surface area (TPSA) is 73.9 Å². The standard InChI is InChI=1S/C27H32N4O3S/c1-20(34-25-5-3-4-22(14-25)17-30(2)18-23-10-13-35-19-23)16-29-26(32)15-21-6-8-24(9-7-21)31-12-11-28-27(31)33/h3-10,13-14,19-20H,11-12,15-18H2,1-2H3,(H,28,33)(H,29,32). The molecule has 0 aliphatic carbocycles. The molecular formula is C27H32N4O3S. The Hall–Kier alpha value is -3.36. The third-order valence-corrected chi connectivity index (χ3v) is 6.51. The smallest absolute Gasteiger partial charge is 0.321 e. The number of hydrogen-bond acceptors (Lipinski definition) is 5. The van der Waals surface area contributed by atoms with E-state index in [0.717, 1.165) is 30.1 Å². The van der Waals surface area contributed by atoms with Gasteiger partial charge < -0.3 is 15.4 Å². The van der Waals surface area contributed by atoms with E-state index in [-0.39, 0.29) is 24.5 Å². The van der Waals surface area contributed by atoms with Gasteiger partial charge in [0.1, 0.15) is 11.9 Å². The van der Waals surface area contributed by atoms with Gasteiger partial charge in [-0.15, -0.1) is 0 Å². The number of benzene rings is 2. The number of amides is 3. The molecule has 0 bridgehead atoms. The van der Waals surface area contributed by atoms with Crippen LogP contribution in [0.25, 0.3) is 0 Å². The van der Waals surface area contributed by atoms with E-state index < -0.39 is 0 Å². The summed E-state index contributed by atoms with van der Waals surface area (Å²) < 4.78 is 6.05. The van der Waals surface area contributed by atoms with E-state index in [1.165, 1.54) is 11.1 Å². The molecule has 0 saturated carbocycles. The van der Waals surface area contributed by atoms with Crippen molar-refractivity contribution in [3.63, 3.8) is 0 Å². The molecule has 1 unspecified atom stereocenters. The van der Waals surface area contributed by atoms with Crippen molar-refractivity contribution in [1.29, 1.82) is 0 Å². The highest BCUT2D eigenvalue weighted by atomic mass is 32.1. The minimum absolute atomic E-state index is 0.0593. The first kappa shape index (κ1) is 24.8. The van der Waals surface area contributed by atoms with Crippen LogP contribution in [-0.2, 0) is 24.3 Å². The van der Waals surface area contributed by atoms with Crippen molar-refractivity contribution in [3.05, 3.63) is 82.0 Å². The van der Waals surface area contributed by atoms with Crippen molar-refractivity contribution in [2.24, 2.45) is 0 Å². The molecule has 35 heavy (non-hydrogen) atoms. The van der Waals surface area contributed by atoms with Gasteiger partial charge in [0.15, 0.2) is 0 Å². The van der Waals surface area contributed by atoms with Crippen LogP contribution in [-0.4, -0.2) is 49.6 Å². The van der Waals surface area contributed by atoms with E-state index in [1.807, 2.05) is 43.3 Å². The van der Waals surface area contributed by atoms with Crippen LogP contribution >= 0.6 is 11.3 Å². The van der Waals surface area contributed by atoms with Crippen molar-refractivity contribution < 1.29 is 14.3 Å². The van der Waals surface area contributed by atoms with Crippen LogP contribution in [0.3, 0.4) is 0 Å². The molecule has 0 spiro atoms. The first-order valence-electron chi connectivity index (χ1n) is 11.8. The Bertz CT molecular complexity index is 1120. The zero-order chi connectivity index (χ0) is 24.6. The summed E-state index contributed by atoms with van der Waals surface area (Å²) in [5, 5.41) is 10.0. The third kappa shape index (κ3) is 7.31. The number of anilines is 1. The fraction of sp³-hybridized carbons (Fsp3) is 0.333. The highest BCUT2D eigenvalue weighted by molar-refractivity contribution is 7.07. The van der Waals surface area contributed by atoms with Gasteiger partial charge in [-0.1, -0.05) is 24.3 Å². The zero-order valence-corrected chi connectivity index (χ0v) is 21.0. The molecule has 1 aromatic heterocycles. The SMILES string of the molecule is CC(CNC(=O)Cc1ccc(N2CCNC2=O)cc1)Oc1cccc(CN(C)Cc2ccsc2)c1. The van der Waals surface area contributed by atoms with Gasteiger partial charge in [0, 0.05) is 31.9 Å². The maximum absolute atomic E-state index is 12.4. The van der Waals surface area contributed by atoms with Crippen molar-refractivity contribution >= 4 is 29.0 Å². The molecule has 3 aromatic rings. The van der Waals surface area contributed by atoms with E-state index in [2.05, 4.69) is 51.5 Å². The second kappa shape index (κ2) is 11.9. The summed E-state index contributed by atoms with van der Waals surface area (Å²) in [7, 11) is 2.11. The van der Waals surface area contributed by atoms with Gasteiger partial charge in [-0.25, -0.2) is 4.79 Å². The molecule has 2 heterocycles. The summed E-state index contributed by atoms with van der Waals surface area (Å²) in [5.41, 5.74) is 4.25. The summed E-state index contributed by atoms with van der Waals surface area (Å²) >= 11 is 1.72. The third-order valence-electron chi connectivity index (χ3n) is 5.78. The lowest BCUT2D eigenvalue weighted by molar-refractivity contribution is -0.120. The summed E-state index contributed by atoms with van der Waals surface area (Å²) in [6.07, 6.45) is 0.124. The summed E-state index contributed by atoms with van der Waals surface area (Å²) in [5.74, 6) is 0.741. The van der Waals surface area contributed by atoms with Crippen LogP contribution in [0.4, 0.5) is 10.5 Å². The molecule has 2 aromatic carbocycles. The molecule has 2 N–H and O–H groups in total. The highest BCUT2D eigenvalue weighted by Crippen LogP contribution is 2.19. The number of carbonyl (C=O) groups excluding carboxylic acids is 2.